The van der Waals surface area contributed by atoms with E-state index in [-0.39, 0.29) is 5.41 Å². The summed E-state index contributed by atoms with van der Waals surface area (Å²) in [6.45, 7) is 4.70. The van der Waals surface area contributed by atoms with Gasteiger partial charge in [0.25, 0.3) is 0 Å². The molecule has 6 aromatic carbocycles. The minimum Gasteiger partial charge on any atom is -0.472 e. The molecule has 47 heavy (non-hydrogen) atoms. The number of rotatable bonds is 5. The Morgan fingerprint density at radius 2 is 1.28 bits per heavy atom. The van der Waals surface area contributed by atoms with Gasteiger partial charge in [-0.25, -0.2) is 0 Å². The standard InChI is InChI=1S/C45H39NO/c1-44(31-32-15-5-2-6-16-32)40-22-12-11-21-38(40)41-36-19-9-10-20-37(36)43-39(42(41)44)27-28-45(47-43,33-17-7-3-8-18-33)34-23-25-35(26-24-34)46-29-13-4-14-30-46/h2-3,5-12,15-28H,4,13-14,29-31H2,1H3. The summed E-state index contributed by atoms with van der Waals surface area (Å²) in [6.07, 6.45) is 9.48. The molecule has 2 heteroatoms. The number of hydrogen-bond acceptors (Lipinski definition) is 2. The van der Waals surface area contributed by atoms with Crippen LogP contribution in [0, 0.1) is 0 Å². The minimum absolute atomic E-state index is 0.224. The molecule has 230 valence electrons. The summed E-state index contributed by atoms with van der Waals surface area (Å²) >= 11 is 0. The second-order valence-corrected chi connectivity index (χ2v) is 13.7. The molecule has 3 aliphatic rings. The maximum absolute atomic E-state index is 7.56. The van der Waals surface area contributed by atoms with Gasteiger partial charge >= 0.3 is 0 Å². The molecule has 1 fully saturated rings. The van der Waals surface area contributed by atoms with Crippen molar-refractivity contribution in [2.75, 3.05) is 18.0 Å². The largest absolute Gasteiger partial charge is 0.472 e. The monoisotopic (exact) mass is 609 g/mol. The number of benzene rings is 6. The summed E-state index contributed by atoms with van der Waals surface area (Å²) in [5, 5.41) is 2.41. The average Bonchev–Trinajstić information content (AvgIpc) is 3.41. The van der Waals surface area contributed by atoms with E-state index >= 15 is 0 Å². The first-order valence-electron chi connectivity index (χ1n) is 17.2. The predicted octanol–water partition coefficient (Wildman–Crippen LogP) is 10.7. The van der Waals surface area contributed by atoms with Gasteiger partial charge in [0.05, 0.1) is 0 Å². The Kier molecular flexibility index (Phi) is 6.61. The lowest BCUT2D eigenvalue weighted by Crippen LogP contribution is -2.35. The van der Waals surface area contributed by atoms with Crippen molar-refractivity contribution in [2.45, 2.75) is 43.6 Å². The van der Waals surface area contributed by atoms with Crippen molar-refractivity contribution in [3.05, 3.63) is 173 Å². The summed E-state index contributed by atoms with van der Waals surface area (Å²) in [4.78, 5) is 2.53. The van der Waals surface area contributed by atoms with Crippen LogP contribution in [0.25, 0.3) is 28.0 Å². The molecule has 6 aromatic rings. The highest BCUT2D eigenvalue weighted by Gasteiger charge is 2.46. The van der Waals surface area contributed by atoms with Crippen LogP contribution < -0.4 is 9.64 Å². The molecule has 1 aliphatic carbocycles. The molecule has 0 spiro atoms. The van der Waals surface area contributed by atoms with Crippen molar-refractivity contribution in [3.63, 3.8) is 0 Å². The van der Waals surface area contributed by atoms with E-state index < -0.39 is 5.60 Å². The molecule has 0 amide bonds. The quantitative estimate of drug-likeness (QED) is 0.193. The van der Waals surface area contributed by atoms with Gasteiger partial charge in [-0.2, -0.15) is 0 Å². The van der Waals surface area contributed by atoms with Crippen molar-refractivity contribution in [3.8, 4) is 16.9 Å². The molecule has 2 aliphatic heterocycles. The van der Waals surface area contributed by atoms with Gasteiger partial charge in [-0.05, 0) is 77.1 Å². The van der Waals surface area contributed by atoms with Crippen LogP contribution in [0.3, 0.4) is 0 Å². The zero-order valence-electron chi connectivity index (χ0n) is 27.0. The van der Waals surface area contributed by atoms with Crippen LogP contribution in [0.2, 0.25) is 0 Å². The van der Waals surface area contributed by atoms with Crippen LogP contribution in [-0.2, 0) is 17.4 Å². The summed E-state index contributed by atoms with van der Waals surface area (Å²) in [6, 6.07) is 48.8. The molecular weight excluding hydrogens is 571 g/mol. The van der Waals surface area contributed by atoms with Gasteiger partial charge < -0.3 is 9.64 Å². The zero-order chi connectivity index (χ0) is 31.4. The topological polar surface area (TPSA) is 12.5 Å². The first-order chi connectivity index (χ1) is 23.2. The van der Waals surface area contributed by atoms with Crippen LogP contribution in [0.15, 0.2) is 140 Å². The highest BCUT2D eigenvalue weighted by Crippen LogP contribution is 2.59. The van der Waals surface area contributed by atoms with Crippen LogP contribution in [-0.4, -0.2) is 13.1 Å². The number of piperidine rings is 1. The number of anilines is 1. The Balaban J connectivity index is 1.27. The van der Waals surface area contributed by atoms with Gasteiger partial charge in [-0.15, -0.1) is 0 Å². The Morgan fingerprint density at radius 3 is 2.04 bits per heavy atom. The van der Waals surface area contributed by atoms with Crippen molar-refractivity contribution >= 4 is 22.5 Å². The molecular formula is C45H39NO. The molecule has 2 unspecified atom stereocenters. The number of nitrogens with zero attached hydrogens (tertiary/aromatic N) is 1. The summed E-state index contributed by atoms with van der Waals surface area (Å²) in [5.74, 6) is 0.970. The predicted molar refractivity (Wildman–Crippen MR) is 195 cm³/mol. The highest BCUT2D eigenvalue weighted by atomic mass is 16.5. The van der Waals surface area contributed by atoms with Crippen molar-refractivity contribution in [1.82, 2.24) is 0 Å². The Morgan fingerprint density at radius 1 is 0.638 bits per heavy atom. The molecule has 2 atom stereocenters. The lowest BCUT2D eigenvalue weighted by atomic mass is 9.72. The zero-order valence-corrected chi connectivity index (χ0v) is 27.0. The Labute approximate surface area is 278 Å². The normalized spacial score (nSPS) is 21.2. The second-order valence-electron chi connectivity index (χ2n) is 13.7. The third-order valence-electron chi connectivity index (χ3n) is 10.9. The molecule has 0 N–H and O–H groups in total. The highest BCUT2D eigenvalue weighted by molar-refractivity contribution is 6.08. The number of hydrogen-bond donors (Lipinski definition) is 0. The average molecular weight is 610 g/mol. The smallest absolute Gasteiger partial charge is 0.178 e. The SMILES string of the molecule is CC1(Cc2ccccc2)c2ccccc2-c2c1c1c(c3ccccc23)OC(c2ccccc2)(c2ccc(N3CCCCC3)cc2)C=C1. The summed E-state index contributed by atoms with van der Waals surface area (Å²) < 4.78 is 7.56. The van der Waals surface area contributed by atoms with Crippen molar-refractivity contribution in [2.24, 2.45) is 0 Å². The van der Waals surface area contributed by atoms with Gasteiger partial charge in [0.1, 0.15) is 5.75 Å². The molecule has 0 saturated carbocycles. The molecule has 0 bridgehead atoms. The first kappa shape index (κ1) is 28.2. The fraction of sp³-hybridized carbons (Fsp3) is 0.200. The molecule has 2 heterocycles. The van der Waals surface area contributed by atoms with Crippen molar-refractivity contribution in [1.29, 1.82) is 0 Å². The van der Waals surface area contributed by atoms with E-state index in [9.17, 15) is 0 Å². The van der Waals surface area contributed by atoms with Crippen LogP contribution in [0.1, 0.15) is 59.6 Å². The summed E-state index contributed by atoms with van der Waals surface area (Å²) in [5.41, 5.74) is 10.6. The molecule has 2 nitrogen and oxygen atoms in total. The van der Waals surface area contributed by atoms with E-state index in [1.165, 1.54) is 63.7 Å². The van der Waals surface area contributed by atoms with Gasteiger partial charge in [-0.3, -0.25) is 0 Å². The molecule has 1 saturated heterocycles. The van der Waals surface area contributed by atoms with Crippen LogP contribution >= 0.6 is 0 Å². The first-order valence-corrected chi connectivity index (χ1v) is 17.2. The van der Waals surface area contributed by atoms with E-state index in [4.69, 9.17) is 4.74 Å². The third-order valence-corrected chi connectivity index (χ3v) is 10.9. The van der Waals surface area contributed by atoms with Gasteiger partial charge in [0.2, 0.25) is 0 Å². The number of fused-ring (bicyclic) bond motifs is 8. The van der Waals surface area contributed by atoms with Gasteiger partial charge in [0, 0.05) is 46.3 Å². The van der Waals surface area contributed by atoms with E-state index in [0.717, 1.165) is 41.8 Å². The van der Waals surface area contributed by atoms with E-state index in [1.807, 2.05) is 0 Å². The van der Waals surface area contributed by atoms with Crippen LogP contribution in [0.4, 0.5) is 5.69 Å². The maximum Gasteiger partial charge on any atom is 0.178 e. The van der Waals surface area contributed by atoms with Crippen molar-refractivity contribution < 1.29 is 4.74 Å². The van der Waals surface area contributed by atoms with Gasteiger partial charge in [0.15, 0.2) is 5.60 Å². The van der Waals surface area contributed by atoms with E-state index in [1.54, 1.807) is 0 Å². The molecule has 0 radical (unpaired) electrons. The minimum atomic E-state index is -0.757. The molecule has 0 aromatic heterocycles. The fourth-order valence-corrected chi connectivity index (χ4v) is 8.68. The fourth-order valence-electron chi connectivity index (χ4n) is 8.68. The Bertz CT molecular complexity index is 2130. The van der Waals surface area contributed by atoms with Crippen LogP contribution in [0.5, 0.6) is 5.75 Å². The van der Waals surface area contributed by atoms with E-state index in [0.29, 0.717) is 0 Å². The summed E-state index contributed by atoms with van der Waals surface area (Å²) in [7, 11) is 0. The Hall–Kier alpha value is -5.08. The molecule has 9 rings (SSSR count). The lowest BCUT2D eigenvalue weighted by Gasteiger charge is -2.39. The van der Waals surface area contributed by atoms with E-state index in [2.05, 4.69) is 157 Å². The third kappa shape index (κ3) is 4.38. The van der Waals surface area contributed by atoms with Gasteiger partial charge in [-0.1, -0.05) is 134 Å². The number of ether oxygens (including phenoxy) is 1. The lowest BCUT2D eigenvalue weighted by molar-refractivity contribution is 0.163. The maximum atomic E-state index is 7.56. The second kappa shape index (κ2) is 11.0.